The Morgan fingerprint density at radius 3 is 2.41 bits per heavy atom. The van der Waals surface area contributed by atoms with E-state index in [9.17, 15) is 9.59 Å². The van der Waals surface area contributed by atoms with E-state index in [1.807, 2.05) is 54.6 Å². The Bertz CT molecular complexity index is 935. The Labute approximate surface area is 201 Å². The van der Waals surface area contributed by atoms with Gasteiger partial charge in [0.1, 0.15) is 6.61 Å². The first-order valence-corrected chi connectivity index (χ1v) is 12.3. The van der Waals surface area contributed by atoms with Crippen LogP contribution in [0, 0.1) is 0 Å². The highest BCUT2D eigenvalue weighted by molar-refractivity contribution is 5.89. The molecule has 34 heavy (non-hydrogen) atoms. The molecule has 2 aliphatic rings. The SMILES string of the molecule is COC(=O)c1ccc(N2CCCC(NC3CCCCC3NC(=O)OCc3ccccc3)C2)cc1. The van der Waals surface area contributed by atoms with Crippen molar-refractivity contribution in [2.75, 3.05) is 25.1 Å². The van der Waals surface area contributed by atoms with Crippen molar-refractivity contribution in [1.82, 2.24) is 10.6 Å². The van der Waals surface area contributed by atoms with E-state index in [2.05, 4.69) is 15.5 Å². The Kier molecular flexibility index (Phi) is 8.41. The molecular formula is C27H35N3O4. The molecule has 1 aliphatic carbocycles. The number of benzene rings is 2. The summed E-state index contributed by atoms with van der Waals surface area (Å²) in [7, 11) is 1.40. The summed E-state index contributed by atoms with van der Waals surface area (Å²) < 4.78 is 10.3. The molecule has 0 spiro atoms. The quantitative estimate of drug-likeness (QED) is 0.595. The van der Waals surface area contributed by atoms with E-state index in [1.165, 1.54) is 13.5 Å². The molecule has 1 heterocycles. The van der Waals surface area contributed by atoms with Crippen molar-refractivity contribution in [2.45, 2.75) is 63.3 Å². The number of nitrogens with one attached hydrogen (secondary N) is 2. The maximum absolute atomic E-state index is 12.5. The van der Waals surface area contributed by atoms with Crippen molar-refractivity contribution in [3.63, 3.8) is 0 Å². The van der Waals surface area contributed by atoms with Crippen molar-refractivity contribution in [1.29, 1.82) is 0 Å². The number of ether oxygens (including phenoxy) is 2. The second-order valence-electron chi connectivity index (χ2n) is 9.19. The number of esters is 1. The monoisotopic (exact) mass is 465 g/mol. The molecule has 0 aromatic heterocycles. The molecule has 1 saturated heterocycles. The normalized spacial score (nSPS) is 22.6. The smallest absolute Gasteiger partial charge is 0.407 e. The number of hydrogen-bond donors (Lipinski definition) is 2. The molecule has 1 amide bonds. The number of amides is 1. The number of methoxy groups -OCH3 is 1. The van der Waals surface area contributed by atoms with Crippen LogP contribution in [0.2, 0.25) is 0 Å². The van der Waals surface area contributed by atoms with Gasteiger partial charge in [-0.05, 0) is 55.5 Å². The van der Waals surface area contributed by atoms with Gasteiger partial charge in [-0.15, -0.1) is 0 Å². The van der Waals surface area contributed by atoms with E-state index in [0.717, 1.165) is 56.4 Å². The van der Waals surface area contributed by atoms with Gasteiger partial charge in [-0.1, -0.05) is 43.2 Å². The molecule has 1 aliphatic heterocycles. The fourth-order valence-corrected chi connectivity index (χ4v) is 5.00. The van der Waals surface area contributed by atoms with Crippen LogP contribution in [0.25, 0.3) is 0 Å². The number of rotatable bonds is 7. The van der Waals surface area contributed by atoms with Crippen LogP contribution >= 0.6 is 0 Å². The third-order valence-corrected chi connectivity index (χ3v) is 6.81. The van der Waals surface area contributed by atoms with E-state index in [4.69, 9.17) is 9.47 Å². The summed E-state index contributed by atoms with van der Waals surface area (Å²) in [6, 6.07) is 18.0. The zero-order valence-corrected chi connectivity index (χ0v) is 19.9. The Hall–Kier alpha value is -3.06. The van der Waals surface area contributed by atoms with Crippen LogP contribution in [0.15, 0.2) is 54.6 Å². The van der Waals surface area contributed by atoms with Gasteiger partial charge < -0.3 is 25.0 Å². The van der Waals surface area contributed by atoms with Crippen molar-refractivity contribution in [2.24, 2.45) is 0 Å². The zero-order chi connectivity index (χ0) is 23.8. The lowest BCUT2D eigenvalue weighted by molar-refractivity contribution is 0.0600. The highest BCUT2D eigenvalue weighted by Gasteiger charge is 2.30. The summed E-state index contributed by atoms with van der Waals surface area (Å²) in [4.78, 5) is 26.5. The van der Waals surface area contributed by atoms with E-state index in [0.29, 0.717) is 11.6 Å². The van der Waals surface area contributed by atoms with Crippen LogP contribution in [0.4, 0.5) is 10.5 Å². The lowest BCUT2D eigenvalue weighted by Gasteiger charge is -2.40. The first kappa shape index (κ1) is 24.1. The van der Waals surface area contributed by atoms with Crippen LogP contribution in [0.3, 0.4) is 0 Å². The predicted octanol–water partition coefficient (Wildman–Crippen LogP) is 4.27. The van der Waals surface area contributed by atoms with Gasteiger partial charge >= 0.3 is 12.1 Å². The molecule has 182 valence electrons. The molecule has 1 saturated carbocycles. The summed E-state index contributed by atoms with van der Waals surface area (Å²) >= 11 is 0. The number of carbonyl (C=O) groups excluding carboxylic acids is 2. The molecule has 2 aromatic carbocycles. The van der Waals surface area contributed by atoms with Gasteiger partial charge in [0.25, 0.3) is 0 Å². The van der Waals surface area contributed by atoms with Crippen LogP contribution in [0.1, 0.15) is 54.4 Å². The Morgan fingerprint density at radius 2 is 1.68 bits per heavy atom. The third kappa shape index (κ3) is 6.50. The molecule has 7 nitrogen and oxygen atoms in total. The number of alkyl carbamates (subject to hydrolysis) is 1. The Balaban J connectivity index is 1.30. The maximum atomic E-state index is 12.5. The fourth-order valence-electron chi connectivity index (χ4n) is 5.00. The summed E-state index contributed by atoms with van der Waals surface area (Å²) in [6.45, 7) is 2.18. The van der Waals surface area contributed by atoms with Gasteiger partial charge in [0.05, 0.1) is 12.7 Å². The van der Waals surface area contributed by atoms with E-state index < -0.39 is 0 Å². The summed E-state index contributed by atoms with van der Waals surface area (Å²) in [5.74, 6) is -0.317. The van der Waals surface area contributed by atoms with Crippen molar-refractivity contribution >= 4 is 17.7 Å². The highest BCUT2D eigenvalue weighted by Crippen LogP contribution is 2.24. The van der Waals surface area contributed by atoms with Gasteiger partial charge in [-0.25, -0.2) is 9.59 Å². The first-order chi connectivity index (χ1) is 16.6. The van der Waals surface area contributed by atoms with Crippen molar-refractivity contribution in [3.8, 4) is 0 Å². The average molecular weight is 466 g/mol. The fraction of sp³-hybridized carbons (Fsp3) is 0.481. The second-order valence-corrected chi connectivity index (χ2v) is 9.19. The van der Waals surface area contributed by atoms with Crippen LogP contribution in [0.5, 0.6) is 0 Å². The van der Waals surface area contributed by atoms with Gasteiger partial charge in [-0.2, -0.15) is 0 Å². The Morgan fingerprint density at radius 1 is 0.941 bits per heavy atom. The molecule has 0 bridgehead atoms. The van der Waals surface area contributed by atoms with E-state index >= 15 is 0 Å². The maximum Gasteiger partial charge on any atom is 0.407 e. The molecule has 7 heteroatoms. The lowest BCUT2D eigenvalue weighted by Crippen LogP contribution is -2.57. The number of carbonyl (C=O) groups is 2. The average Bonchev–Trinajstić information content (AvgIpc) is 2.89. The number of hydrogen-bond acceptors (Lipinski definition) is 6. The number of piperidine rings is 1. The minimum atomic E-state index is -0.349. The van der Waals surface area contributed by atoms with Gasteiger partial charge in [-0.3, -0.25) is 0 Å². The summed E-state index contributed by atoms with van der Waals surface area (Å²) in [5, 5.41) is 6.95. The number of anilines is 1. The van der Waals surface area contributed by atoms with E-state index in [-0.39, 0.29) is 30.8 Å². The molecular weight excluding hydrogens is 430 g/mol. The third-order valence-electron chi connectivity index (χ3n) is 6.81. The molecule has 4 rings (SSSR count). The molecule has 2 N–H and O–H groups in total. The minimum Gasteiger partial charge on any atom is -0.465 e. The largest absolute Gasteiger partial charge is 0.465 e. The minimum absolute atomic E-state index is 0.0757. The molecule has 2 fully saturated rings. The zero-order valence-electron chi connectivity index (χ0n) is 19.9. The summed E-state index contributed by atoms with van der Waals surface area (Å²) in [6.07, 6.45) is 6.15. The number of nitrogens with zero attached hydrogens (tertiary/aromatic N) is 1. The molecule has 3 atom stereocenters. The lowest BCUT2D eigenvalue weighted by atomic mass is 9.89. The molecule has 3 unspecified atom stereocenters. The van der Waals surface area contributed by atoms with Gasteiger partial charge in [0.15, 0.2) is 0 Å². The van der Waals surface area contributed by atoms with Gasteiger partial charge in [0.2, 0.25) is 0 Å². The van der Waals surface area contributed by atoms with Crippen LogP contribution < -0.4 is 15.5 Å². The van der Waals surface area contributed by atoms with Crippen molar-refractivity contribution < 1.29 is 19.1 Å². The second kappa shape index (κ2) is 11.9. The van der Waals surface area contributed by atoms with Crippen LogP contribution in [-0.2, 0) is 16.1 Å². The standard InChI is InChI=1S/C27H35N3O4/c1-33-26(31)21-13-15-23(16-14-21)30-17-7-10-22(18-30)28-24-11-5-6-12-25(24)29-27(32)34-19-20-8-3-2-4-9-20/h2-4,8-9,13-16,22,24-25,28H,5-7,10-12,17-19H2,1H3,(H,29,32). The first-order valence-electron chi connectivity index (χ1n) is 12.3. The molecule has 0 radical (unpaired) electrons. The molecule has 2 aromatic rings. The summed E-state index contributed by atoms with van der Waals surface area (Å²) in [5.41, 5.74) is 2.66. The topological polar surface area (TPSA) is 79.9 Å². The van der Waals surface area contributed by atoms with E-state index in [1.54, 1.807) is 0 Å². The van der Waals surface area contributed by atoms with Gasteiger partial charge in [0, 0.05) is 36.9 Å². The van der Waals surface area contributed by atoms with Crippen LogP contribution in [-0.4, -0.2) is 50.4 Å². The van der Waals surface area contributed by atoms with Crippen molar-refractivity contribution in [3.05, 3.63) is 65.7 Å². The predicted molar refractivity (Wildman–Crippen MR) is 132 cm³/mol. The highest BCUT2D eigenvalue weighted by atomic mass is 16.5.